The lowest BCUT2D eigenvalue weighted by molar-refractivity contribution is -0.00165. The van der Waals surface area contributed by atoms with Gasteiger partial charge in [0, 0.05) is 25.8 Å². The van der Waals surface area contributed by atoms with E-state index in [4.69, 9.17) is 4.74 Å². The van der Waals surface area contributed by atoms with E-state index in [0.29, 0.717) is 13.2 Å². The number of pyridine rings is 1. The number of hydrogen-bond donors (Lipinski definition) is 1. The van der Waals surface area contributed by atoms with Crippen LogP contribution in [0.3, 0.4) is 0 Å². The van der Waals surface area contributed by atoms with Gasteiger partial charge in [0.25, 0.3) is 0 Å². The third-order valence-corrected chi connectivity index (χ3v) is 5.16. The molecule has 1 aromatic heterocycles. The number of carbonyl (C=O) groups is 1. The molecule has 2 heterocycles. The van der Waals surface area contributed by atoms with Crippen molar-refractivity contribution in [3.8, 4) is 0 Å². The van der Waals surface area contributed by atoms with Gasteiger partial charge in [0.1, 0.15) is 0 Å². The number of amides is 2. The van der Waals surface area contributed by atoms with Crippen LogP contribution in [0, 0.1) is 5.92 Å². The molecule has 0 radical (unpaired) electrons. The maximum Gasteiger partial charge on any atom is 0.317 e. The van der Waals surface area contributed by atoms with Crippen molar-refractivity contribution in [3.63, 3.8) is 0 Å². The third kappa shape index (κ3) is 5.20. The van der Waals surface area contributed by atoms with Crippen molar-refractivity contribution in [2.24, 2.45) is 5.92 Å². The summed E-state index contributed by atoms with van der Waals surface area (Å²) in [4.78, 5) is 18.5. The van der Waals surface area contributed by atoms with Crippen molar-refractivity contribution in [2.75, 3.05) is 19.6 Å². The zero-order valence-electron chi connectivity index (χ0n) is 14.5. The van der Waals surface area contributed by atoms with Crippen LogP contribution in [-0.4, -0.2) is 41.7 Å². The Balaban J connectivity index is 1.37. The van der Waals surface area contributed by atoms with Gasteiger partial charge in [0.2, 0.25) is 0 Å². The minimum atomic E-state index is 0.0686. The maximum absolute atomic E-state index is 12.3. The summed E-state index contributed by atoms with van der Waals surface area (Å²) >= 11 is 0. The molecule has 1 atom stereocenters. The predicted octanol–water partition coefficient (Wildman–Crippen LogP) is 3.35. The van der Waals surface area contributed by atoms with E-state index in [1.165, 1.54) is 25.7 Å². The summed E-state index contributed by atoms with van der Waals surface area (Å²) in [6, 6.07) is 5.91. The third-order valence-electron chi connectivity index (χ3n) is 5.16. The lowest BCUT2D eigenvalue weighted by atomic mass is 10.0. The van der Waals surface area contributed by atoms with Crippen LogP contribution in [0.2, 0.25) is 0 Å². The van der Waals surface area contributed by atoms with Gasteiger partial charge in [-0.15, -0.1) is 0 Å². The molecule has 1 aliphatic carbocycles. The Hall–Kier alpha value is -1.62. The van der Waals surface area contributed by atoms with E-state index in [0.717, 1.165) is 44.0 Å². The van der Waals surface area contributed by atoms with Crippen LogP contribution in [0.4, 0.5) is 4.79 Å². The van der Waals surface area contributed by atoms with Crippen LogP contribution in [0.15, 0.2) is 24.4 Å². The highest BCUT2D eigenvalue weighted by Gasteiger charge is 2.24. The topological polar surface area (TPSA) is 54.5 Å². The van der Waals surface area contributed by atoms with E-state index in [1.54, 1.807) is 6.20 Å². The highest BCUT2D eigenvalue weighted by molar-refractivity contribution is 5.74. The maximum atomic E-state index is 12.3. The average Bonchev–Trinajstić information content (AvgIpc) is 3.14. The lowest BCUT2D eigenvalue weighted by Gasteiger charge is -2.32. The minimum absolute atomic E-state index is 0.0686. The van der Waals surface area contributed by atoms with Crippen molar-refractivity contribution in [1.82, 2.24) is 15.2 Å². The Labute approximate surface area is 144 Å². The summed E-state index contributed by atoms with van der Waals surface area (Å²) in [5, 5.41) is 3.09. The van der Waals surface area contributed by atoms with Gasteiger partial charge in [0.05, 0.1) is 18.4 Å². The fourth-order valence-electron chi connectivity index (χ4n) is 3.74. The molecule has 1 N–H and O–H groups in total. The quantitative estimate of drug-likeness (QED) is 0.870. The number of rotatable bonds is 6. The molecular formula is C19H29N3O2. The largest absolute Gasteiger partial charge is 0.370 e. The van der Waals surface area contributed by atoms with Crippen LogP contribution < -0.4 is 5.32 Å². The summed E-state index contributed by atoms with van der Waals surface area (Å²) in [5.41, 5.74) is 0.940. The van der Waals surface area contributed by atoms with Crippen molar-refractivity contribution in [1.29, 1.82) is 0 Å². The van der Waals surface area contributed by atoms with E-state index < -0.39 is 0 Å². The molecule has 24 heavy (non-hydrogen) atoms. The van der Waals surface area contributed by atoms with Crippen LogP contribution in [0.25, 0.3) is 0 Å². The normalized spacial score (nSPS) is 21.8. The monoisotopic (exact) mass is 331 g/mol. The van der Waals surface area contributed by atoms with Gasteiger partial charge in [-0.05, 0) is 37.3 Å². The first-order valence-corrected chi connectivity index (χ1v) is 9.35. The van der Waals surface area contributed by atoms with Gasteiger partial charge in [-0.3, -0.25) is 4.98 Å². The highest BCUT2D eigenvalue weighted by atomic mass is 16.5. The number of carbonyl (C=O) groups excluding carboxylic acids is 1. The van der Waals surface area contributed by atoms with Crippen LogP contribution in [-0.2, 0) is 11.3 Å². The lowest BCUT2D eigenvalue weighted by Crippen LogP contribution is -2.48. The van der Waals surface area contributed by atoms with Crippen molar-refractivity contribution in [3.05, 3.63) is 30.1 Å². The fraction of sp³-hybridized carbons (Fsp3) is 0.684. The van der Waals surface area contributed by atoms with Crippen molar-refractivity contribution in [2.45, 2.75) is 57.7 Å². The van der Waals surface area contributed by atoms with Gasteiger partial charge in [-0.1, -0.05) is 31.7 Å². The Morgan fingerprint density at radius 3 is 2.92 bits per heavy atom. The number of piperidine rings is 1. The molecule has 1 unspecified atom stereocenters. The zero-order valence-corrected chi connectivity index (χ0v) is 14.5. The van der Waals surface area contributed by atoms with Gasteiger partial charge in [-0.2, -0.15) is 0 Å². The predicted molar refractivity (Wildman–Crippen MR) is 93.6 cm³/mol. The van der Waals surface area contributed by atoms with E-state index in [9.17, 15) is 4.79 Å². The fourth-order valence-corrected chi connectivity index (χ4v) is 3.74. The second kappa shape index (κ2) is 9.02. The first kappa shape index (κ1) is 17.2. The molecule has 2 fully saturated rings. The van der Waals surface area contributed by atoms with Gasteiger partial charge >= 0.3 is 6.03 Å². The van der Waals surface area contributed by atoms with Gasteiger partial charge < -0.3 is 15.0 Å². The molecule has 5 heteroatoms. The zero-order chi connectivity index (χ0) is 16.6. The number of urea groups is 1. The second-order valence-electron chi connectivity index (χ2n) is 7.01. The summed E-state index contributed by atoms with van der Waals surface area (Å²) in [5.74, 6) is 0.820. The van der Waals surface area contributed by atoms with Gasteiger partial charge in [0.15, 0.2) is 0 Å². The van der Waals surface area contributed by atoms with E-state index >= 15 is 0 Å². The van der Waals surface area contributed by atoms with Crippen molar-refractivity contribution >= 4 is 6.03 Å². The molecular weight excluding hydrogens is 302 g/mol. The molecule has 0 bridgehead atoms. The van der Waals surface area contributed by atoms with E-state index in [1.807, 2.05) is 23.1 Å². The molecule has 2 amide bonds. The summed E-state index contributed by atoms with van der Waals surface area (Å²) in [7, 11) is 0. The molecule has 5 nitrogen and oxygen atoms in total. The van der Waals surface area contributed by atoms with Crippen LogP contribution >= 0.6 is 0 Å². The second-order valence-corrected chi connectivity index (χ2v) is 7.01. The minimum Gasteiger partial charge on any atom is -0.370 e. The molecule has 0 spiro atoms. The number of nitrogens with zero attached hydrogens (tertiary/aromatic N) is 2. The summed E-state index contributed by atoms with van der Waals surface area (Å²) in [6.45, 7) is 2.84. The van der Waals surface area contributed by atoms with Crippen LogP contribution in [0.5, 0.6) is 0 Å². The Morgan fingerprint density at radius 1 is 1.25 bits per heavy atom. The van der Waals surface area contributed by atoms with Crippen molar-refractivity contribution < 1.29 is 9.53 Å². The SMILES string of the molecule is O=C(NCCC1CCCC1)N1CCCC(OCc2ccccn2)C1. The first-order chi connectivity index (χ1) is 11.8. The average molecular weight is 331 g/mol. The molecule has 1 aromatic rings. The molecule has 1 saturated carbocycles. The summed E-state index contributed by atoms with van der Waals surface area (Å²) < 4.78 is 5.95. The molecule has 1 aliphatic heterocycles. The highest BCUT2D eigenvalue weighted by Crippen LogP contribution is 2.26. The van der Waals surface area contributed by atoms with E-state index in [-0.39, 0.29) is 12.1 Å². The number of likely N-dealkylation sites (tertiary alicyclic amines) is 1. The molecule has 3 rings (SSSR count). The molecule has 1 saturated heterocycles. The summed E-state index contributed by atoms with van der Waals surface area (Å²) in [6.07, 6.45) is 10.4. The van der Waals surface area contributed by atoms with E-state index in [2.05, 4.69) is 10.3 Å². The Morgan fingerprint density at radius 2 is 2.12 bits per heavy atom. The molecule has 132 valence electrons. The molecule has 0 aromatic carbocycles. The number of aromatic nitrogens is 1. The number of ether oxygens (including phenoxy) is 1. The smallest absolute Gasteiger partial charge is 0.317 e. The Kier molecular flexibility index (Phi) is 6.47. The molecule has 2 aliphatic rings. The van der Waals surface area contributed by atoms with Crippen LogP contribution in [0.1, 0.15) is 50.6 Å². The Bertz CT molecular complexity index is 503. The van der Waals surface area contributed by atoms with Gasteiger partial charge in [-0.25, -0.2) is 4.79 Å². The number of hydrogen-bond acceptors (Lipinski definition) is 3. The number of nitrogens with one attached hydrogen (secondary N) is 1. The first-order valence-electron chi connectivity index (χ1n) is 9.35. The standard InChI is InChI=1S/C19H29N3O2/c23-19(21-12-10-16-6-1-2-7-16)22-13-5-9-18(14-22)24-15-17-8-3-4-11-20-17/h3-4,8,11,16,18H,1-2,5-7,9-10,12-15H2,(H,21,23).